The summed E-state index contributed by atoms with van der Waals surface area (Å²) in [5, 5.41) is 6.75. The molecule has 0 aromatic carbocycles. The molecule has 100 valence electrons. The Hall–Kier alpha value is -2.51. The van der Waals surface area contributed by atoms with Crippen LogP contribution in [0.2, 0.25) is 0 Å². The quantitative estimate of drug-likeness (QED) is 0.782. The van der Waals surface area contributed by atoms with Gasteiger partial charge in [-0.25, -0.2) is 14.8 Å². The fourth-order valence-corrected chi connectivity index (χ4v) is 1.45. The number of aryl methyl sites for hydroxylation is 1. The molecular weight excluding hydrogens is 250 g/mol. The maximum Gasteiger partial charge on any atom is 0.376 e. The Labute approximate surface area is 109 Å². The Morgan fingerprint density at radius 1 is 1.47 bits per heavy atom. The number of methoxy groups -OCH3 is 1. The number of carbonyl (C=O) groups is 1. The fraction of sp³-hybridized carbons (Fsp3) is 0.364. The van der Waals surface area contributed by atoms with Gasteiger partial charge in [-0.15, -0.1) is 0 Å². The number of aromatic nitrogens is 4. The number of esters is 1. The number of ether oxygens (including phenoxy) is 1. The lowest BCUT2D eigenvalue weighted by molar-refractivity contribution is 0.0586. The van der Waals surface area contributed by atoms with E-state index in [1.165, 1.54) is 13.5 Å². The first-order valence-electron chi connectivity index (χ1n) is 5.62. The Kier molecular flexibility index (Phi) is 4.01. The van der Waals surface area contributed by atoms with Gasteiger partial charge in [0.15, 0.2) is 5.82 Å². The van der Waals surface area contributed by atoms with Crippen molar-refractivity contribution in [1.29, 1.82) is 0 Å². The summed E-state index contributed by atoms with van der Waals surface area (Å²) in [6.07, 6.45) is 1.87. The minimum atomic E-state index is -0.565. The molecule has 0 spiro atoms. The summed E-state index contributed by atoms with van der Waals surface area (Å²) in [4.78, 5) is 23.3. The molecule has 0 amide bonds. The number of hydrogen-bond donors (Lipinski definition) is 1. The number of carbonyl (C=O) groups excluding carboxylic acids is 1. The Bertz CT molecular complexity index is 555. The van der Waals surface area contributed by atoms with E-state index in [4.69, 9.17) is 0 Å². The van der Waals surface area contributed by atoms with Gasteiger partial charge >= 0.3 is 5.97 Å². The molecule has 8 nitrogen and oxygen atoms in total. The van der Waals surface area contributed by atoms with Crippen molar-refractivity contribution in [2.24, 2.45) is 0 Å². The normalized spacial score (nSPS) is 10.2. The largest absolute Gasteiger partial charge is 0.463 e. The topological polar surface area (TPSA) is 103 Å². The van der Waals surface area contributed by atoms with Crippen molar-refractivity contribution in [3.8, 4) is 0 Å². The maximum atomic E-state index is 11.4. The van der Waals surface area contributed by atoms with E-state index in [2.05, 4.69) is 34.7 Å². The van der Waals surface area contributed by atoms with E-state index in [-0.39, 0.29) is 5.82 Å². The molecule has 0 unspecified atom stereocenters. The van der Waals surface area contributed by atoms with Crippen LogP contribution in [-0.2, 0) is 11.2 Å². The van der Waals surface area contributed by atoms with Gasteiger partial charge in [0.1, 0.15) is 5.82 Å². The summed E-state index contributed by atoms with van der Waals surface area (Å²) in [6, 6.07) is 1.74. The van der Waals surface area contributed by atoms with E-state index in [0.717, 1.165) is 0 Å². The molecule has 0 bridgehead atoms. The Morgan fingerprint density at radius 2 is 2.32 bits per heavy atom. The van der Waals surface area contributed by atoms with Gasteiger partial charge in [0, 0.05) is 24.7 Å². The third-order valence-corrected chi connectivity index (χ3v) is 2.28. The highest BCUT2D eigenvalue weighted by atomic mass is 16.5. The van der Waals surface area contributed by atoms with E-state index in [1.54, 1.807) is 13.0 Å². The van der Waals surface area contributed by atoms with Gasteiger partial charge in [-0.05, 0) is 6.92 Å². The number of nitrogens with zero attached hydrogens (tertiary/aromatic N) is 4. The van der Waals surface area contributed by atoms with Gasteiger partial charge in [-0.2, -0.15) is 4.98 Å². The fourth-order valence-electron chi connectivity index (χ4n) is 1.45. The third-order valence-electron chi connectivity index (χ3n) is 2.28. The van der Waals surface area contributed by atoms with E-state index in [0.29, 0.717) is 30.3 Å². The van der Waals surface area contributed by atoms with Crippen molar-refractivity contribution >= 4 is 11.8 Å². The molecule has 0 atom stereocenters. The molecule has 2 rings (SSSR count). The molecular formula is C11H13N5O3. The van der Waals surface area contributed by atoms with Gasteiger partial charge in [0.2, 0.25) is 12.2 Å². The molecule has 0 fully saturated rings. The van der Waals surface area contributed by atoms with Crippen LogP contribution in [0.4, 0.5) is 5.82 Å². The van der Waals surface area contributed by atoms with Gasteiger partial charge in [-0.1, -0.05) is 5.16 Å². The lowest BCUT2D eigenvalue weighted by Gasteiger charge is -2.06. The SMILES string of the molecule is COC(=O)c1nc(C)cc(NCCc2ncon2)n1. The smallest absolute Gasteiger partial charge is 0.376 e. The first kappa shape index (κ1) is 12.9. The van der Waals surface area contributed by atoms with Crippen molar-refractivity contribution in [2.45, 2.75) is 13.3 Å². The molecule has 2 heterocycles. The first-order chi connectivity index (χ1) is 9.19. The average Bonchev–Trinajstić information content (AvgIpc) is 2.90. The van der Waals surface area contributed by atoms with Crippen molar-refractivity contribution in [3.63, 3.8) is 0 Å². The van der Waals surface area contributed by atoms with E-state index >= 15 is 0 Å². The maximum absolute atomic E-state index is 11.4. The predicted octanol–water partition coefficient (Wildman–Crippen LogP) is 0.609. The third kappa shape index (κ3) is 3.47. The molecule has 0 aliphatic heterocycles. The lowest BCUT2D eigenvalue weighted by atomic mass is 10.3. The van der Waals surface area contributed by atoms with Crippen LogP contribution in [-0.4, -0.2) is 39.7 Å². The summed E-state index contributed by atoms with van der Waals surface area (Å²) in [5.74, 6) is 0.623. The molecule has 0 radical (unpaired) electrons. The van der Waals surface area contributed by atoms with Crippen LogP contribution in [0.1, 0.15) is 22.1 Å². The second-order valence-corrected chi connectivity index (χ2v) is 3.73. The van der Waals surface area contributed by atoms with E-state index in [9.17, 15) is 4.79 Å². The van der Waals surface area contributed by atoms with Crippen molar-refractivity contribution < 1.29 is 14.1 Å². The molecule has 0 aliphatic carbocycles. The van der Waals surface area contributed by atoms with Crippen molar-refractivity contribution in [1.82, 2.24) is 20.1 Å². The highest BCUT2D eigenvalue weighted by molar-refractivity contribution is 5.85. The second kappa shape index (κ2) is 5.89. The van der Waals surface area contributed by atoms with Crippen LogP contribution in [0, 0.1) is 6.92 Å². The minimum absolute atomic E-state index is 0.0320. The van der Waals surface area contributed by atoms with Gasteiger partial charge in [-0.3, -0.25) is 0 Å². The number of rotatable bonds is 5. The van der Waals surface area contributed by atoms with Gasteiger partial charge < -0.3 is 14.6 Å². The Morgan fingerprint density at radius 3 is 3.00 bits per heavy atom. The molecule has 0 saturated carbocycles. The van der Waals surface area contributed by atoms with Crippen LogP contribution in [0.15, 0.2) is 17.0 Å². The van der Waals surface area contributed by atoms with Crippen molar-refractivity contribution in [2.75, 3.05) is 19.0 Å². The standard InChI is InChI=1S/C11H13N5O3/c1-7-5-9(15-10(14-7)11(17)18-2)12-4-3-8-13-6-19-16-8/h5-6H,3-4H2,1-2H3,(H,12,14,15). The highest BCUT2D eigenvalue weighted by Gasteiger charge is 2.11. The summed E-state index contributed by atoms with van der Waals surface area (Å²) in [6.45, 7) is 2.34. The highest BCUT2D eigenvalue weighted by Crippen LogP contribution is 2.07. The van der Waals surface area contributed by atoms with Gasteiger partial charge in [0.05, 0.1) is 7.11 Å². The predicted molar refractivity (Wildman–Crippen MR) is 64.6 cm³/mol. The molecule has 2 aromatic heterocycles. The molecule has 0 saturated heterocycles. The van der Waals surface area contributed by atoms with Crippen LogP contribution >= 0.6 is 0 Å². The lowest BCUT2D eigenvalue weighted by Crippen LogP contribution is -2.13. The van der Waals surface area contributed by atoms with Crippen LogP contribution in [0.5, 0.6) is 0 Å². The van der Waals surface area contributed by atoms with Crippen LogP contribution in [0.3, 0.4) is 0 Å². The second-order valence-electron chi connectivity index (χ2n) is 3.73. The zero-order valence-electron chi connectivity index (χ0n) is 10.6. The van der Waals surface area contributed by atoms with E-state index < -0.39 is 5.97 Å². The molecule has 1 N–H and O–H groups in total. The minimum Gasteiger partial charge on any atom is -0.463 e. The zero-order chi connectivity index (χ0) is 13.7. The summed E-state index contributed by atoms with van der Waals surface area (Å²) >= 11 is 0. The summed E-state index contributed by atoms with van der Waals surface area (Å²) in [7, 11) is 1.29. The molecule has 8 heteroatoms. The monoisotopic (exact) mass is 263 g/mol. The number of hydrogen-bond acceptors (Lipinski definition) is 8. The van der Waals surface area contributed by atoms with Gasteiger partial charge in [0.25, 0.3) is 0 Å². The number of anilines is 1. The first-order valence-corrected chi connectivity index (χ1v) is 5.62. The van der Waals surface area contributed by atoms with E-state index in [1.807, 2.05) is 0 Å². The van der Waals surface area contributed by atoms with Crippen LogP contribution in [0.25, 0.3) is 0 Å². The Balaban J connectivity index is 1.99. The van der Waals surface area contributed by atoms with Crippen molar-refractivity contribution in [3.05, 3.63) is 29.8 Å². The summed E-state index contributed by atoms with van der Waals surface area (Å²) < 4.78 is 9.21. The zero-order valence-corrected chi connectivity index (χ0v) is 10.6. The number of nitrogens with one attached hydrogen (secondary N) is 1. The van der Waals surface area contributed by atoms with Crippen LogP contribution < -0.4 is 5.32 Å². The molecule has 19 heavy (non-hydrogen) atoms. The molecule has 0 aliphatic rings. The molecule has 2 aromatic rings. The summed E-state index contributed by atoms with van der Waals surface area (Å²) in [5.41, 5.74) is 0.678. The average molecular weight is 263 g/mol.